The van der Waals surface area contributed by atoms with Crippen LogP contribution in [0.25, 0.3) is 0 Å². The van der Waals surface area contributed by atoms with Crippen LogP contribution in [0.5, 0.6) is 0 Å². The number of halogens is 6. The first kappa shape index (κ1) is 16.6. The fourth-order valence-corrected chi connectivity index (χ4v) is 2.81. The third-order valence-corrected chi connectivity index (χ3v) is 3.87. The lowest BCUT2D eigenvalue weighted by molar-refractivity contribution is -0.154. The van der Waals surface area contributed by atoms with Crippen LogP contribution in [0.4, 0.5) is 26.3 Å². The standard InChI is InChI=1S/C14H13F6NO/c1-6-8(9-4-7(15)5-10(16)12(9)17)2-3-11(22)21(6)14(20)13(18)19/h4-6,8,13-14H,2-3H2,1H3. The summed E-state index contributed by atoms with van der Waals surface area (Å²) in [6.07, 6.45) is -6.57. The molecule has 0 spiro atoms. The summed E-state index contributed by atoms with van der Waals surface area (Å²) in [6, 6.07) is -0.0591. The van der Waals surface area contributed by atoms with Crippen LogP contribution in [0.2, 0.25) is 0 Å². The Morgan fingerprint density at radius 2 is 1.82 bits per heavy atom. The highest BCUT2D eigenvalue weighted by atomic mass is 19.3. The number of alkyl halides is 3. The molecular weight excluding hydrogens is 312 g/mol. The second-order valence-electron chi connectivity index (χ2n) is 5.18. The van der Waals surface area contributed by atoms with E-state index in [-0.39, 0.29) is 18.4 Å². The number of piperidine rings is 1. The summed E-state index contributed by atoms with van der Waals surface area (Å²) in [5.41, 5.74) is -0.385. The van der Waals surface area contributed by atoms with Gasteiger partial charge >= 0.3 is 0 Å². The first-order chi connectivity index (χ1) is 10.2. The molecule has 3 unspecified atom stereocenters. The van der Waals surface area contributed by atoms with E-state index in [2.05, 4.69) is 0 Å². The minimum absolute atomic E-state index is 0.00767. The zero-order chi connectivity index (χ0) is 16.6. The predicted octanol–water partition coefficient (Wildman–Crippen LogP) is 3.76. The van der Waals surface area contributed by atoms with E-state index in [1.807, 2.05) is 0 Å². The summed E-state index contributed by atoms with van der Waals surface area (Å²) in [5.74, 6) is -5.58. The molecule has 1 aliphatic heterocycles. The summed E-state index contributed by atoms with van der Waals surface area (Å²) in [6.45, 7) is 1.25. The van der Waals surface area contributed by atoms with Gasteiger partial charge in [0.25, 0.3) is 6.43 Å². The average Bonchev–Trinajstić information content (AvgIpc) is 2.43. The van der Waals surface area contributed by atoms with Crippen LogP contribution in [0.1, 0.15) is 31.2 Å². The van der Waals surface area contributed by atoms with E-state index >= 15 is 0 Å². The highest BCUT2D eigenvalue weighted by molar-refractivity contribution is 5.78. The minimum Gasteiger partial charge on any atom is -0.304 e. The molecule has 0 N–H and O–H groups in total. The number of benzene rings is 1. The summed E-state index contributed by atoms with van der Waals surface area (Å²) in [5, 5.41) is 0. The zero-order valence-corrected chi connectivity index (χ0v) is 11.5. The van der Waals surface area contributed by atoms with E-state index in [1.54, 1.807) is 0 Å². The molecule has 0 radical (unpaired) electrons. The maximum atomic E-state index is 13.8. The van der Waals surface area contributed by atoms with Gasteiger partial charge in [-0.3, -0.25) is 4.79 Å². The van der Waals surface area contributed by atoms with Crippen molar-refractivity contribution in [3.63, 3.8) is 0 Å². The fraction of sp³-hybridized carbons (Fsp3) is 0.500. The lowest BCUT2D eigenvalue weighted by Crippen LogP contribution is -2.52. The molecule has 0 saturated carbocycles. The van der Waals surface area contributed by atoms with Crippen LogP contribution in [-0.2, 0) is 4.79 Å². The number of carbonyl (C=O) groups excluding carboxylic acids is 1. The van der Waals surface area contributed by atoms with Crippen LogP contribution in [0.15, 0.2) is 12.1 Å². The normalized spacial score (nSPS) is 24.0. The van der Waals surface area contributed by atoms with Crippen molar-refractivity contribution in [3.8, 4) is 0 Å². The van der Waals surface area contributed by atoms with Gasteiger partial charge in [-0.2, -0.15) is 0 Å². The quantitative estimate of drug-likeness (QED) is 0.471. The molecule has 1 aromatic rings. The van der Waals surface area contributed by atoms with Crippen molar-refractivity contribution < 1.29 is 31.1 Å². The SMILES string of the molecule is CC1C(c2cc(F)cc(F)c2F)CCC(=O)N1C(F)C(F)F. The lowest BCUT2D eigenvalue weighted by Gasteiger charge is -2.40. The van der Waals surface area contributed by atoms with Crippen molar-refractivity contribution in [1.29, 1.82) is 0 Å². The third kappa shape index (κ3) is 2.91. The first-order valence-corrected chi connectivity index (χ1v) is 6.61. The van der Waals surface area contributed by atoms with Gasteiger partial charge in [0.15, 0.2) is 11.6 Å². The Morgan fingerprint density at radius 3 is 2.41 bits per heavy atom. The average molecular weight is 325 g/mol. The number of hydrogen-bond acceptors (Lipinski definition) is 1. The molecule has 2 nitrogen and oxygen atoms in total. The molecule has 2 rings (SSSR count). The van der Waals surface area contributed by atoms with Crippen molar-refractivity contribution in [3.05, 3.63) is 35.1 Å². The molecule has 122 valence electrons. The van der Waals surface area contributed by atoms with Crippen molar-refractivity contribution in [2.75, 3.05) is 0 Å². The topological polar surface area (TPSA) is 20.3 Å². The summed E-state index contributed by atoms with van der Waals surface area (Å²) < 4.78 is 79.0. The number of amides is 1. The Balaban J connectivity index is 2.39. The largest absolute Gasteiger partial charge is 0.304 e. The Hall–Kier alpha value is -1.73. The van der Waals surface area contributed by atoms with Gasteiger partial charge in [0.2, 0.25) is 12.2 Å². The number of rotatable bonds is 3. The Morgan fingerprint density at radius 1 is 1.18 bits per heavy atom. The molecule has 1 amide bonds. The van der Waals surface area contributed by atoms with E-state index in [0.29, 0.717) is 11.0 Å². The minimum atomic E-state index is -3.42. The maximum absolute atomic E-state index is 13.8. The van der Waals surface area contributed by atoms with Crippen LogP contribution in [0.3, 0.4) is 0 Å². The van der Waals surface area contributed by atoms with Crippen LogP contribution < -0.4 is 0 Å². The second kappa shape index (κ2) is 6.18. The number of hydrogen-bond donors (Lipinski definition) is 0. The Labute approximate surface area is 122 Å². The molecular formula is C14H13F6NO. The van der Waals surface area contributed by atoms with Gasteiger partial charge < -0.3 is 4.90 Å². The highest BCUT2D eigenvalue weighted by Gasteiger charge is 2.42. The van der Waals surface area contributed by atoms with Gasteiger partial charge in [-0.1, -0.05) is 0 Å². The zero-order valence-electron chi connectivity index (χ0n) is 11.5. The van der Waals surface area contributed by atoms with Crippen molar-refractivity contribution in [2.24, 2.45) is 0 Å². The van der Waals surface area contributed by atoms with Crippen molar-refractivity contribution in [1.82, 2.24) is 4.90 Å². The van der Waals surface area contributed by atoms with E-state index in [1.165, 1.54) is 6.92 Å². The van der Waals surface area contributed by atoms with Crippen molar-refractivity contribution >= 4 is 5.91 Å². The summed E-state index contributed by atoms with van der Waals surface area (Å²) >= 11 is 0. The predicted molar refractivity (Wildman–Crippen MR) is 65.5 cm³/mol. The van der Waals surface area contributed by atoms with E-state index in [4.69, 9.17) is 0 Å². The van der Waals surface area contributed by atoms with Gasteiger partial charge in [-0.15, -0.1) is 0 Å². The molecule has 0 aromatic heterocycles. The molecule has 1 saturated heterocycles. The maximum Gasteiger partial charge on any atom is 0.287 e. The molecule has 0 aliphatic carbocycles. The Kier molecular flexibility index (Phi) is 4.67. The first-order valence-electron chi connectivity index (χ1n) is 6.61. The molecule has 3 atom stereocenters. The smallest absolute Gasteiger partial charge is 0.287 e. The second-order valence-corrected chi connectivity index (χ2v) is 5.18. The van der Waals surface area contributed by atoms with Gasteiger partial charge in [0.05, 0.1) is 0 Å². The molecule has 1 heterocycles. The number of nitrogens with zero attached hydrogens (tertiary/aromatic N) is 1. The van der Waals surface area contributed by atoms with Crippen molar-refractivity contribution in [2.45, 2.75) is 44.4 Å². The highest BCUT2D eigenvalue weighted by Crippen LogP contribution is 2.37. The van der Waals surface area contributed by atoms with Crippen LogP contribution in [0, 0.1) is 17.5 Å². The van der Waals surface area contributed by atoms with Gasteiger partial charge in [-0.05, 0) is 25.0 Å². The van der Waals surface area contributed by atoms with Crippen LogP contribution >= 0.6 is 0 Å². The van der Waals surface area contributed by atoms with Gasteiger partial charge in [0, 0.05) is 24.4 Å². The summed E-state index contributed by atoms with van der Waals surface area (Å²) in [4.78, 5) is 12.0. The Bertz CT molecular complexity index is 579. The van der Waals surface area contributed by atoms with Crippen LogP contribution in [-0.4, -0.2) is 29.6 Å². The molecule has 22 heavy (non-hydrogen) atoms. The lowest BCUT2D eigenvalue weighted by atomic mass is 9.83. The van der Waals surface area contributed by atoms with E-state index in [0.717, 1.165) is 6.07 Å². The molecule has 0 bridgehead atoms. The van der Waals surface area contributed by atoms with E-state index in [9.17, 15) is 31.1 Å². The molecule has 8 heteroatoms. The monoisotopic (exact) mass is 325 g/mol. The third-order valence-electron chi connectivity index (χ3n) is 3.87. The van der Waals surface area contributed by atoms with Gasteiger partial charge in [-0.25, -0.2) is 26.3 Å². The molecule has 1 aromatic carbocycles. The molecule has 1 fully saturated rings. The fourth-order valence-electron chi connectivity index (χ4n) is 2.81. The van der Waals surface area contributed by atoms with Gasteiger partial charge in [0.1, 0.15) is 5.82 Å². The number of carbonyl (C=O) groups is 1. The summed E-state index contributed by atoms with van der Waals surface area (Å²) in [7, 11) is 0. The molecule has 1 aliphatic rings. The van der Waals surface area contributed by atoms with E-state index < -0.39 is 48.0 Å². The number of likely N-dealkylation sites (tertiary alicyclic amines) is 1.